The minimum atomic E-state index is -4.97. The van der Waals surface area contributed by atoms with Gasteiger partial charge >= 0.3 is 39.5 Å². The standard InChI is InChI=1S/C87H170O17P2/c1-6-9-12-15-18-21-24-27-30-32-34-36-38-40-42-44-47-50-53-56-63-68-73-86(91)103-82(76-97-84(89)70-65-60-54-51-48-46-43-41-39-37-35-33-31-28-25-22-19-16-13-10-7-2)78-101-105(93,94)99-74-81(88)75-100-106(95,96)102-79-83(77-98-85(90)71-66-61-58-57-59-64-69-80(4)5)104-87(92)72-67-62-55-52-49-45-29-26-23-20-17-14-11-8-3/h80-83,88H,6-79H2,1-5H3,(H,93,94)(H,95,96)/t81-,82-,83-/m1/s1. The molecule has 19 heteroatoms. The summed E-state index contributed by atoms with van der Waals surface area (Å²) in [5, 5.41) is 10.7. The third-order valence-electron chi connectivity index (χ3n) is 20.5. The second kappa shape index (κ2) is 79.7. The fourth-order valence-corrected chi connectivity index (χ4v) is 15.2. The lowest BCUT2D eigenvalue weighted by molar-refractivity contribution is -0.161. The maximum Gasteiger partial charge on any atom is 0.472 e. The first-order valence-corrected chi connectivity index (χ1v) is 48.1. The maximum absolute atomic E-state index is 13.2. The number of ether oxygens (including phenoxy) is 4. The fraction of sp³-hybridized carbons (Fsp3) is 0.954. The molecular weight excluding hydrogens is 1380 g/mol. The van der Waals surface area contributed by atoms with E-state index in [1.807, 2.05) is 0 Å². The van der Waals surface area contributed by atoms with Gasteiger partial charge in [-0.25, -0.2) is 9.13 Å². The van der Waals surface area contributed by atoms with Crippen LogP contribution in [0.3, 0.4) is 0 Å². The van der Waals surface area contributed by atoms with Crippen molar-refractivity contribution in [3.8, 4) is 0 Å². The molecule has 0 saturated heterocycles. The van der Waals surface area contributed by atoms with Crippen molar-refractivity contribution in [2.24, 2.45) is 5.92 Å². The third kappa shape index (κ3) is 80.1. The molecule has 0 bridgehead atoms. The number of phosphoric acid groups is 2. The van der Waals surface area contributed by atoms with Gasteiger partial charge in [0.15, 0.2) is 12.2 Å². The topological polar surface area (TPSA) is 237 Å². The lowest BCUT2D eigenvalue weighted by atomic mass is 10.0. The highest BCUT2D eigenvalue weighted by Crippen LogP contribution is 2.45. The molecule has 2 unspecified atom stereocenters. The molecule has 5 atom stereocenters. The molecule has 106 heavy (non-hydrogen) atoms. The molecule has 0 rings (SSSR count). The van der Waals surface area contributed by atoms with Crippen LogP contribution in [0.4, 0.5) is 0 Å². The van der Waals surface area contributed by atoms with Crippen LogP contribution in [-0.4, -0.2) is 96.7 Å². The Morgan fingerprint density at radius 1 is 0.255 bits per heavy atom. The molecule has 0 aliphatic carbocycles. The summed E-state index contributed by atoms with van der Waals surface area (Å²) in [5.41, 5.74) is 0. The van der Waals surface area contributed by atoms with E-state index in [4.69, 9.17) is 37.0 Å². The zero-order chi connectivity index (χ0) is 77.6. The molecule has 0 fully saturated rings. The van der Waals surface area contributed by atoms with Crippen molar-refractivity contribution in [1.29, 1.82) is 0 Å². The lowest BCUT2D eigenvalue weighted by Crippen LogP contribution is -2.30. The number of hydrogen-bond donors (Lipinski definition) is 3. The van der Waals surface area contributed by atoms with Crippen LogP contribution in [0.5, 0.6) is 0 Å². The van der Waals surface area contributed by atoms with Gasteiger partial charge in [-0.3, -0.25) is 37.3 Å². The first-order valence-electron chi connectivity index (χ1n) is 45.1. The van der Waals surface area contributed by atoms with Crippen molar-refractivity contribution < 1.29 is 80.2 Å². The van der Waals surface area contributed by atoms with E-state index >= 15 is 0 Å². The monoisotopic (exact) mass is 1550 g/mol. The van der Waals surface area contributed by atoms with Gasteiger partial charge in [0.2, 0.25) is 0 Å². The van der Waals surface area contributed by atoms with Crippen LogP contribution in [0.15, 0.2) is 0 Å². The largest absolute Gasteiger partial charge is 0.472 e. The number of hydrogen-bond acceptors (Lipinski definition) is 15. The summed E-state index contributed by atoms with van der Waals surface area (Å²) in [6.07, 6.45) is 74.0. The van der Waals surface area contributed by atoms with E-state index in [2.05, 4.69) is 34.6 Å². The molecule has 0 amide bonds. The number of unbranched alkanes of at least 4 members (excludes halogenated alkanes) is 59. The van der Waals surface area contributed by atoms with E-state index in [1.165, 1.54) is 289 Å². The quantitative estimate of drug-likeness (QED) is 0.0222. The molecule has 630 valence electrons. The highest BCUT2D eigenvalue weighted by molar-refractivity contribution is 7.47. The molecule has 3 N–H and O–H groups in total. The summed E-state index contributed by atoms with van der Waals surface area (Å²) < 4.78 is 68.8. The average molecular weight is 1550 g/mol. The van der Waals surface area contributed by atoms with E-state index in [9.17, 15) is 43.2 Å². The smallest absolute Gasteiger partial charge is 0.462 e. The van der Waals surface area contributed by atoms with Gasteiger partial charge in [0.1, 0.15) is 19.3 Å². The van der Waals surface area contributed by atoms with Crippen molar-refractivity contribution in [1.82, 2.24) is 0 Å². The summed E-state index contributed by atoms with van der Waals surface area (Å²) in [4.78, 5) is 73.2. The summed E-state index contributed by atoms with van der Waals surface area (Å²) in [6.45, 7) is 7.28. The van der Waals surface area contributed by atoms with Gasteiger partial charge in [-0.1, -0.05) is 420 Å². The number of esters is 4. The predicted molar refractivity (Wildman–Crippen MR) is 437 cm³/mol. The van der Waals surface area contributed by atoms with Crippen molar-refractivity contribution >= 4 is 39.5 Å². The van der Waals surface area contributed by atoms with E-state index in [0.717, 1.165) is 96.3 Å². The molecule has 0 radical (unpaired) electrons. The van der Waals surface area contributed by atoms with Crippen molar-refractivity contribution in [3.05, 3.63) is 0 Å². The fourth-order valence-electron chi connectivity index (χ4n) is 13.6. The lowest BCUT2D eigenvalue weighted by Gasteiger charge is -2.21. The molecule has 0 saturated carbocycles. The number of aliphatic hydroxyl groups is 1. The van der Waals surface area contributed by atoms with Gasteiger partial charge in [-0.15, -0.1) is 0 Å². The van der Waals surface area contributed by atoms with Gasteiger partial charge < -0.3 is 33.8 Å². The highest BCUT2D eigenvalue weighted by atomic mass is 31.2. The Kier molecular flexibility index (Phi) is 78.2. The van der Waals surface area contributed by atoms with E-state index in [0.29, 0.717) is 31.6 Å². The Labute approximate surface area is 651 Å². The van der Waals surface area contributed by atoms with Crippen LogP contribution in [0.1, 0.15) is 471 Å². The van der Waals surface area contributed by atoms with Crippen molar-refractivity contribution in [2.45, 2.75) is 490 Å². The van der Waals surface area contributed by atoms with Crippen LogP contribution >= 0.6 is 15.6 Å². The van der Waals surface area contributed by atoms with Gasteiger partial charge in [0.05, 0.1) is 26.4 Å². The molecule has 0 spiro atoms. The summed E-state index contributed by atoms with van der Waals surface area (Å²) in [7, 11) is -9.92. The molecule has 17 nitrogen and oxygen atoms in total. The summed E-state index contributed by atoms with van der Waals surface area (Å²) in [6, 6.07) is 0. The summed E-state index contributed by atoms with van der Waals surface area (Å²) >= 11 is 0. The van der Waals surface area contributed by atoms with Crippen LogP contribution in [-0.2, 0) is 65.4 Å². The molecular formula is C87H170O17P2. The van der Waals surface area contributed by atoms with Crippen LogP contribution < -0.4 is 0 Å². The number of carbonyl (C=O) groups excluding carboxylic acids is 4. The average Bonchev–Trinajstić information content (AvgIpc) is 0.906. The Bertz CT molecular complexity index is 2010. The SMILES string of the molecule is CCCCCCCCCCCCCCCCCCCCCCCCC(=O)O[C@H](COC(=O)CCCCCCCCCCCCCCCCCCCCCCC)COP(=O)(O)OC[C@@H](O)COP(=O)(O)OC[C@@H](COC(=O)CCCCCCCCC(C)C)OC(=O)CCCCCCCCCCCCCCCC. The molecule has 0 aromatic heterocycles. The minimum absolute atomic E-state index is 0.107. The highest BCUT2D eigenvalue weighted by Gasteiger charge is 2.30. The Balaban J connectivity index is 5.18. The minimum Gasteiger partial charge on any atom is -0.462 e. The Morgan fingerprint density at radius 2 is 0.434 bits per heavy atom. The molecule has 0 aromatic carbocycles. The third-order valence-corrected chi connectivity index (χ3v) is 22.4. The Morgan fingerprint density at radius 3 is 0.642 bits per heavy atom. The first-order chi connectivity index (χ1) is 51.5. The van der Waals surface area contributed by atoms with E-state index in [-0.39, 0.29) is 25.7 Å². The maximum atomic E-state index is 13.2. The Hall–Kier alpha value is -1.94. The zero-order valence-corrected chi connectivity index (χ0v) is 71.4. The first kappa shape index (κ1) is 104. The normalized spacial score (nSPS) is 13.7. The van der Waals surface area contributed by atoms with Crippen molar-refractivity contribution in [3.63, 3.8) is 0 Å². The second-order valence-electron chi connectivity index (χ2n) is 31.8. The van der Waals surface area contributed by atoms with E-state index < -0.39 is 97.5 Å². The summed E-state index contributed by atoms with van der Waals surface area (Å²) in [5.74, 6) is -1.42. The zero-order valence-electron chi connectivity index (χ0n) is 69.6. The van der Waals surface area contributed by atoms with Crippen LogP contribution in [0.2, 0.25) is 0 Å². The van der Waals surface area contributed by atoms with Gasteiger partial charge in [0.25, 0.3) is 0 Å². The number of rotatable bonds is 87. The van der Waals surface area contributed by atoms with Gasteiger partial charge in [0, 0.05) is 25.7 Å². The van der Waals surface area contributed by atoms with Gasteiger partial charge in [-0.05, 0) is 31.6 Å². The van der Waals surface area contributed by atoms with Gasteiger partial charge in [-0.2, -0.15) is 0 Å². The number of aliphatic hydroxyl groups excluding tert-OH is 1. The van der Waals surface area contributed by atoms with E-state index in [1.54, 1.807) is 0 Å². The predicted octanol–water partition coefficient (Wildman–Crippen LogP) is 26.8. The van der Waals surface area contributed by atoms with Crippen molar-refractivity contribution in [2.75, 3.05) is 39.6 Å². The molecule has 0 heterocycles. The van der Waals surface area contributed by atoms with Crippen LogP contribution in [0, 0.1) is 5.92 Å². The number of phosphoric ester groups is 2. The number of carbonyl (C=O) groups is 4. The molecule has 0 aliphatic heterocycles. The molecule has 0 aliphatic rings. The molecule has 0 aromatic rings. The second-order valence-corrected chi connectivity index (χ2v) is 34.7. The van der Waals surface area contributed by atoms with Crippen LogP contribution in [0.25, 0.3) is 0 Å².